The van der Waals surface area contributed by atoms with Crippen LogP contribution in [0.2, 0.25) is 5.02 Å². The largest absolute Gasteiger partial charge is 0.297 e. The summed E-state index contributed by atoms with van der Waals surface area (Å²) in [5, 5.41) is 11.7. The van der Waals surface area contributed by atoms with Crippen LogP contribution in [0, 0.1) is 10.1 Å². The molecule has 1 saturated heterocycles. The molecule has 0 unspecified atom stereocenters. The highest BCUT2D eigenvalue weighted by molar-refractivity contribution is 6.30. The highest BCUT2D eigenvalue weighted by atomic mass is 35.5. The fourth-order valence-electron chi connectivity index (χ4n) is 3.31. The van der Waals surface area contributed by atoms with E-state index in [0.717, 1.165) is 43.3 Å². The monoisotopic (exact) mass is 359 g/mol. The third-order valence-electron chi connectivity index (χ3n) is 4.81. The molecule has 1 aliphatic rings. The van der Waals surface area contributed by atoms with Gasteiger partial charge in [-0.25, -0.2) is 0 Å². The fourth-order valence-corrected chi connectivity index (χ4v) is 3.52. The molecule has 1 heterocycles. The molecule has 0 radical (unpaired) electrons. The number of hydrogen-bond acceptors (Lipinski definition) is 4. The minimum atomic E-state index is -0.334. The Labute approximate surface area is 153 Å². The van der Waals surface area contributed by atoms with E-state index >= 15 is 0 Å². The van der Waals surface area contributed by atoms with Crippen LogP contribution in [0.4, 0.5) is 5.69 Å². The number of hydrogen-bond donors (Lipinski definition) is 0. The molecule has 0 aliphatic carbocycles. The summed E-state index contributed by atoms with van der Waals surface area (Å²) >= 11 is 6.06. The molecular formula is C19H22ClN3O2. The highest BCUT2D eigenvalue weighted by Gasteiger charge is 2.23. The van der Waals surface area contributed by atoms with Crippen LogP contribution in [-0.4, -0.2) is 40.9 Å². The van der Waals surface area contributed by atoms with Crippen molar-refractivity contribution in [1.29, 1.82) is 0 Å². The predicted octanol–water partition coefficient (Wildman–Crippen LogP) is 4.13. The van der Waals surface area contributed by atoms with Gasteiger partial charge in [-0.1, -0.05) is 35.9 Å². The van der Waals surface area contributed by atoms with Crippen molar-refractivity contribution in [3.05, 3.63) is 74.8 Å². The van der Waals surface area contributed by atoms with E-state index in [1.165, 1.54) is 5.56 Å². The number of piperazine rings is 1. The quantitative estimate of drug-likeness (QED) is 0.595. The van der Waals surface area contributed by atoms with Crippen molar-refractivity contribution >= 4 is 17.3 Å². The second kappa shape index (κ2) is 7.95. The van der Waals surface area contributed by atoms with Crippen molar-refractivity contribution in [2.24, 2.45) is 0 Å². The third-order valence-corrected chi connectivity index (χ3v) is 5.05. The number of non-ortho nitro benzene ring substituents is 1. The van der Waals surface area contributed by atoms with Gasteiger partial charge in [-0.2, -0.15) is 0 Å². The average Bonchev–Trinajstić information content (AvgIpc) is 2.62. The lowest BCUT2D eigenvalue weighted by Gasteiger charge is -2.38. The molecule has 1 fully saturated rings. The minimum Gasteiger partial charge on any atom is -0.297 e. The normalized spacial score (nSPS) is 17.4. The zero-order valence-corrected chi connectivity index (χ0v) is 15.0. The predicted molar refractivity (Wildman–Crippen MR) is 99.8 cm³/mol. The van der Waals surface area contributed by atoms with E-state index in [9.17, 15) is 10.1 Å². The van der Waals surface area contributed by atoms with Crippen LogP contribution in [0.3, 0.4) is 0 Å². The van der Waals surface area contributed by atoms with Crippen LogP contribution >= 0.6 is 11.6 Å². The van der Waals surface area contributed by atoms with E-state index in [1.54, 1.807) is 18.2 Å². The Morgan fingerprint density at radius 3 is 2.52 bits per heavy atom. The van der Waals surface area contributed by atoms with Crippen molar-refractivity contribution in [2.45, 2.75) is 19.5 Å². The second-order valence-electron chi connectivity index (χ2n) is 6.47. The SMILES string of the molecule is C[C@@H](c1cccc([N+](=O)[O-])c1)N1CCN(Cc2cccc(Cl)c2)CC1. The van der Waals surface area contributed by atoms with Crippen LogP contribution in [0.5, 0.6) is 0 Å². The molecule has 0 aromatic heterocycles. The second-order valence-corrected chi connectivity index (χ2v) is 6.91. The summed E-state index contributed by atoms with van der Waals surface area (Å²) in [4.78, 5) is 15.4. The first-order chi connectivity index (χ1) is 12.0. The maximum atomic E-state index is 11.0. The Morgan fingerprint density at radius 1 is 1.12 bits per heavy atom. The van der Waals surface area contributed by atoms with Gasteiger partial charge in [-0.15, -0.1) is 0 Å². The highest BCUT2D eigenvalue weighted by Crippen LogP contribution is 2.25. The number of halogens is 1. The summed E-state index contributed by atoms with van der Waals surface area (Å²) in [6, 6.07) is 15.1. The van der Waals surface area contributed by atoms with Gasteiger partial charge in [0.1, 0.15) is 0 Å². The number of nitro benzene ring substituents is 1. The maximum Gasteiger partial charge on any atom is 0.269 e. The van der Waals surface area contributed by atoms with Crippen molar-refractivity contribution in [3.8, 4) is 0 Å². The summed E-state index contributed by atoms with van der Waals surface area (Å²) in [7, 11) is 0. The van der Waals surface area contributed by atoms with E-state index in [1.807, 2.05) is 24.3 Å². The number of nitro groups is 1. The van der Waals surface area contributed by atoms with Crippen LogP contribution in [0.1, 0.15) is 24.1 Å². The van der Waals surface area contributed by atoms with Crippen molar-refractivity contribution in [1.82, 2.24) is 9.80 Å². The first-order valence-electron chi connectivity index (χ1n) is 8.48. The molecule has 3 rings (SSSR count). The van der Waals surface area contributed by atoms with Crippen molar-refractivity contribution in [2.75, 3.05) is 26.2 Å². The van der Waals surface area contributed by atoms with Crippen molar-refractivity contribution in [3.63, 3.8) is 0 Å². The molecule has 6 heteroatoms. The zero-order chi connectivity index (χ0) is 17.8. The Hall–Kier alpha value is -1.95. The van der Waals surface area contributed by atoms with Crippen LogP contribution in [-0.2, 0) is 6.54 Å². The van der Waals surface area contributed by atoms with Crippen LogP contribution in [0.25, 0.3) is 0 Å². The molecule has 1 atom stereocenters. The molecule has 0 amide bonds. The summed E-state index contributed by atoms with van der Waals surface area (Å²) in [6.07, 6.45) is 0. The van der Waals surface area contributed by atoms with Gasteiger partial charge in [-0.3, -0.25) is 19.9 Å². The number of benzene rings is 2. The number of nitrogens with zero attached hydrogens (tertiary/aromatic N) is 3. The van der Waals surface area contributed by atoms with Crippen LogP contribution in [0.15, 0.2) is 48.5 Å². The van der Waals surface area contributed by atoms with E-state index < -0.39 is 0 Å². The smallest absolute Gasteiger partial charge is 0.269 e. The minimum absolute atomic E-state index is 0.156. The molecule has 1 aliphatic heterocycles. The van der Waals surface area contributed by atoms with E-state index in [4.69, 9.17) is 11.6 Å². The van der Waals surface area contributed by atoms with Gasteiger partial charge in [0, 0.05) is 55.9 Å². The summed E-state index contributed by atoms with van der Waals surface area (Å²) < 4.78 is 0. The van der Waals surface area contributed by atoms with Crippen LogP contribution < -0.4 is 0 Å². The Morgan fingerprint density at radius 2 is 1.84 bits per heavy atom. The topological polar surface area (TPSA) is 49.6 Å². The summed E-state index contributed by atoms with van der Waals surface area (Å²) in [5.74, 6) is 0. The van der Waals surface area contributed by atoms with Gasteiger partial charge in [0.05, 0.1) is 4.92 Å². The standard InChI is InChI=1S/C19H22ClN3O2/c1-15(17-5-3-7-19(13-17)23(24)25)22-10-8-21(9-11-22)14-16-4-2-6-18(20)12-16/h2-7,12-13,15H,8-11,14H2,1H3/t15-/m0/s1. The summed E-state index contributed by atoms with van der Waals surface area (Å²) in [5.41, 5.74) is 2.38. The molecule has 25 heavy (non-hydrogen) atoms. The lowest BCUT2D eigenvalue weighted by Crippen LogP contribution is -2.46. The average molecular weight is 360 g/mol. The maximum absolute atomic E-state index is 11.0. The summed E-state index contributed by atoms with van der Waals surface area (Å²) in [6.45, 7) is 6.87. The van der Waals surface area contributed by atoms with Gasteiger partial charge in [0.25, 0.3) is 5.69 Å². The molecule has 0 bridgehead atoms. The lowest BCUT2D eigenvalue weighted by molar-refractivity contribution is -0.385. The van der Waals surface area contributed by atoms with E-state index in [0.29, 0.717) is 0 Å². The van der Waals surface area contributed by atoms with Gasteiger partial charge >= 0.3 is 0 Å². The molecular weight excluding hydrogens is 338 g/mol. The molecule has 0 spiro atoms. The van der Waals surface area contributed by atoms with Crippen molar-refractivity contribution < 1.29 is 4.92 Å². The molecule has 2 aromatic carbocycles. The Bertz CT molecular complexity index is 745. The molecule has 5 nitrogen and oxygen atoms in total. The molecule has 2 aromatic rings. The van der Waals surface area contributed by atoms with Gasteiger partial charge < -0.3 is 0 Å². The van der Waals surface area contributed by atoms with Gasteiger partial charge in [-0.05, 0) is 30.2 Å². The lowest BCUT2D eigenvalue weighted by atomic mass is 10.1. The first-order valence-corrected chi connectivity index (χ1v) is 8.86. The first kappa shape index (κ1) is 17.9. The van der Waals surface area contributed by atoms with Gasteiger partial charge in [0.2, 0.25) is 0 Å². The van der Waals surface area contributed by atoms with Gasteiger partial charge in [0.15, 0.2) is 0 Å². The van der Waals surface area contributed by atoms with E-state index in [2.05, 4.69) is 22.8 Å². The Balaban J connectivity index is 1.58. The Kier molecular flexibility index (Phi) is 5.68. The number of rotatable bonds is 5. The molecule has 0 saturated carbocycles. The fraction of sp³-hybridized carbons (Fsp3) is 0.368. The molecule has 132 valence electrons. The van der Waals surface area contributed by atoms with E-state index in [-0.39, 0.29) is 16.7 Å². The zero-order valence-electron chi connectivity index (χ0n) is 14.3. The molecule has 0 N–H and O–H groups in total. The third kappa shape index (κ3) is 4.57.